The maximum Gasteiger partial charge on any atom is 0.257 e. The van der Waals surface area contributed by atoms with Crippen molar-refractivity contribution in [2.24, 2.45) is 0 Å². The van der Waals surface area contributed by atoms with E-state index in [1.54, 1.807) is 7.05 Å². The van der Waals surface area contributed by atoms with Crippen LogP contribution in [0.2, 0.25) is 0 Å². The van der Waals surface area contributed by atoms with Crippen molar-refractivity contribution in [3.05, 3.63) is 5.56 Å². The second kappa shape index (κ2) is 4.97. The smallest absolute Gasteiger partial charge is 0.257 e. The minimum atomic E-state index is -0.143. The van der Waals surface area contributed by atoms with Gasteiger partial charge < -0.3 is 16.0 Å². The van der Waals surface area contributed by atoms with Gasteiger partial charge in [0.2, 0.25) is 0 Å². The normalized spacial score (nSPS) is 23.4. The molecule has 7 heteroatoms. The molecule has 3 rings (SSSR count). The summed E-state index contributed by atoms with van der Waals surface area (Å²) < 4.78 is 4.15. The Bertz CT molecular complexity index is 488. The molecule has 1 aromatic heterocycles. The number of aromatic nitrogens is 1. The molecule has 0 saturated carbocycles. The van der Waals surface area contributed by atoms with Gasteiger partial charge in [0.05, 0.1) is 0 Å². The molecule has 6 nitrogen and oxygen atoms in total. The van der Waals surface area contributed by atoms with E-state index in [9.17, 15) is 4.79 Å². The van der Waals surface area contributed by atoms with Crippen LogP contribution in [-0.2, 0) is 0 Å². The SMILES string of the molecule is CNC(=O)c1c(N)nsc1N1CCN2CCCC2C1. The molecule has 3 heterocycles. The first-order chi connectivity index (χ1) is 9.20. The van der Waals surface area contributed by atoms with Crippen molar-refractivity contribution in [2.75, 3.05) is 43.9 Å². The van der Waals surface area contributed by atoms with Crippen LogP contribution in [0, 0.1) is 0 Å². The molecule has 1 atom stereocenters. The summed E-state index contributed by atoms with van der Waals surface area (Å²) in [5.74, 6) is 0.198. The Morgan fingerprint density at radius 2 is 2.32 bits per heavy atom. The van der Waals surface area contributed by atoms with Crippen LogP contribution >= 0.6 is 11.5 Å². The molecule has 0 aromatic carbocycles. The first-order valence-electron chi connectivity index (χ1n) is 6.67. The fourth-order valence-corrected chi connectivity index (χ4v) is 3.87. The Hall–Kier alpha value is -1.34. The lowest BCUT2D eigenvalue weighted by atomic mass is 10.1. The number of hydrogen-bond acceptors (Lipinski definition) is 6. The summed E-state index contributed by atoms with van der Waals surface area (Å²) in [6, 6.07) is 0.620. The van der Waals surface area contributed by atoms with Gasteiger partial charge in [0.15, 0.2) is 5.82 Å². The zero-order valence-electron chi connectivity index (χ0n) is 11.1. The van der Waals surface area contributed by atoms with Gasteiger partial charge in [-0.3, -0.25) is 9.69 Å². The molecular weight excluding hydrogens is 262 g/mol. The number of rotatable bonds is 2. The quantitative estimate of drug-likeness (QED) is 0.819. The molecule has 0 spiro atoms. The average molecular weight is 281 g/mol. The number of nitrogens with zero attached hydrogens (tertiary/aromatic N) is 3. The van der Waals surface area contributed by atoms with E-state index in [0.717, 1.165) is 24.6 Å². The minimum Gasteiger partial charge on any atom is -0.382 e. The molecule has 2 fully saturated rings. The Balaban J connectivity index is 1.84. The summed E-state index contributed by atoms with van der Waals surface area (Å²) in [4.78, 5) is 16.7. The fraction of sp³-hybridized carbons (Fsp3) is 0.667. The minimum absolute atomic E-state index is 0.143. The van der Waals surface area contributed by atoms with Crippen molar-refractivity contribution in [2.45, 2.75) is 18.9 Å². The lowest BCUT2D eigenvalue weighted by molar-refractivity contribution is 0.0964. The Morgan fingerprint density at radius 1 is 1.47 bits per heavy atom. The third-order valence-electron chi connectivity index (χ3n) is 4.03. The van der Waals surface area contributed by atoms with E-state index in [1.807, 2.05) is 0 Å². The third kappa shape index (κ3) is 2.17. The van der Waals surface area contributed by atoms with Crippen molar-refractivity contribution >= 4 is 28.3 Å². The molecular formula is C12H19N5OS. The molecule has 104 valence electrons. The summed E-state index contributed by atoms with van der Waals surface area (Å²) in [6.45, 7) is 4.20. The number of nitrogens with two attached hydrogens (primary N) is 1. The molecule has 2 aliphatic rings. The molecule has 3 N–H and O–H groups in total. The molecule has 1 aromatic rings. The maximum absolute atomic E-state index is 11.9. The number of piperazine rings is 1. The number of fused-ring (bicyclic) bond motifs is 1. The van der Waals surface area contributed by atoms with Crippen LogP contribution in [0.25, 0.3) is 0 Å². The van der Waals surface area contributed by atoms with Crippen molar-refractivity contribution in [3.8, 4) is 0 Å². The van der Waals surface area contributed by atoms with Gasteiger partial charge in [-0.05, 0) is 30.9 Å². The summed E-state index contributed by atoms with van der Waals surface area (Å²) in [5, 5.41) is 3.56. The lowest BCUT2D eigenvalue weighted by Gasteiger charge is -2.38. The number of nitrogen functional groups attached to an aromatic ring is 1. The van der Waals surface area contributed by atoms with Gasteiger partial charge in [-0.25, -0.2) is 0 Å². The summed E-state index contributed by atoms with van der Waals surface area (Å²) in [5.41, 5.74) is 6.37. The molecule has 0 aliphatic carbocycles. The predicted molar refractivity (Wildman–Crippen MR) is 76.7 cm³/mol. The van der Waals surface area contributed by atoms with Gasteiger partial charge >= 0.3 is 0 Å². The van der Waals surface area contributed by atoms with Crippen LogP contribution in [0.4, 0.5) is 10.8 Å². The van der Waals surface area contributed by atoms with Gasteiger partial charge in [-0.1, -0.05) is 0 Å². The topological polar surface area (TPSA) is 74.5 Å². The summed E-state index contributed by atoms with van der Waals surface area (Å²) >= 11 is 1.33. The van der Waals surface area contributed by atoms with Crippen LogP contribution < -0.4 is 16.0 Å². The van der Waals surface area contributed by atoms with E-state index in [2.05, 4.69) is 19.5 Å². The predicted octanol–water partition coefficient (Wildman–Crippen LogP) is 0.369. The zero-order valence-corrected chi connectivity index (χ0v) is 11.9. The standard InChI is InChI=1S/C12H19N5OS/c1-14-11(18)9-10(13)15-19-12(9)17-6-5-16-4-2-3-8(16)7-17/h8H,2-7H2,1H3,(H2,13,15)(H,14,18). The summed E-state index contributed by atoms with van der Waals surface area (Å²) in [6.07, 6.45) is 2.53. The van der Waals surface area contributed by atoms with E-state index >= 15 is 0 Å². The number of carbonyl (C=O) groups is 1. The molecule has 1 unspecified atom stereocenters. The average Bonchev–Trinajstić information content (AvgIpc) is 3.03. The highest BCUT2D eigenvalue weighted by Crippen LogP contribution is 2.33. The first kappa shape index (κ1) is 12.7. The van der Waals surface area contributed by atoms with Crippen molar-refractivity contribution in [3.63, 3.8) is 0 Å². The zero-order chi connectivity index (χ0) is 13.4. The number of hydrogen-bond donors (Lipinski definition) is 2. The van der Waals surface area contributed by atoms with E-state index in [1.165, 1.54) is 30.9 Å². The van der Waals surface area contributed by atoms with E-state index in [0.29, 0.717) is 17.4 Å². The van der Waals surface area contributed by atoms with E-state index < -0.39 is 0 Å². The van der Waals surface area contributed by atoms with Crippen LogP contribution in [0.3, 0.4) is 0 Å². The third-order valence-corrected chi connectivity index (χ3v) is 4.95. The largest absolute Gasteiger partial charge is 0.382 e. The molecule has 19 heavy (non-hydrogen) atoms. The van der Waals surface area contributed by atoms with Gasteiger partial charge in [-0.2, -0.15) is 4.37 Å². The molecule has 1 amide bonds. The Morgan fingerprint density at radius 3 is 3.11 bits per heavy atom. The highest BCUT2D eigenvalue weighted by molar-refractivity contribution is 7.11. The fourth-order valence-electron chi connectivity index (χ4n) is 3.02. The van der Waals surface area contributed by atoms with Crippen LogP contribution in [0.5, 0.6) is 0 Å². The first-order valence-corrected chi connectivity index (χ1v) is 7.44. The molecule has 0 radical (unpaired) electrons. The van der Waals surface area contributed by atoms with E-state index in [4.69, 9.17) is 5.73 Å². The molecule has 2 saturated heterocycles. The molecule has 0 bridgehead atoms. The van der Waals surface area contributed by atoms with E-state index in [-0.39, 0.29) is 5.91 Å². The highest BCUT2D eigenvalue weighted by Gasteiger charge is 2.33. The van der Waals surface area contributed by atoms with Gasteiger partial charge in [0.1, 0.15) is 10.6 Å². The van der Waals surface area contributed by atoms with Gasteiger partial charge in [0.25, 0.3) is 5.91 Å². The monoisotopic (exact) mass is 281 g/mol. The number of amides is 1. The van der Waals surface area contributed by atoms with Crippen LogP contribution in [0.1, 0.15) is 23.2 Å². The van der Waals surface area contributed by atoms with Crippen molar-refractivity contribution in [1.29, 1.82) is 0 Å². The highest BCUT2D eigenvalue weighted by atomic mass is 32.1. The van der Waals surface area contributed by atoms with Crippen molar-refractivity contribution in [1.82, 2.24) is 14.6 Å². The second-order valence-electron chi connectivity index (χ2n) is 5.11. The Labute approximate surface area is 116 Å². The number of carbonyl (C=O) groups excluding carboxylic acids is 1. The van der Waals surface area contributed by atoms with Gasteiger partial charge in [-0.15, -0.1) is 0 Å². The molecule has 2 aliphatic heterocycles. The lowest BCUT2D eigenvalue weighted by Crippen LogP contribution is -2.50. The second-order valence-corrected chi connectivity index (χ2v) is 5.86. The van der Waals surface area contributed by atoms with Crippen LogP contribution in [0.15, 0.2) is 0 Å². The van der Waals surface area contributed by atoms with Gasteiger partial charge in [0, 0.05) is 32.7 Å². The summed E-state index contributed by atoms with van der Waals surface area (Å²) in [7, 11) is 1.62. The maximum atomic E-state index is 11.9. The number of nitrogens with one attached hydrogen (secondary N) is 1. The Kier molecular flexibility index (Phi) is 3.32. The van der Waals surface area contributed by atoms with Crippen molar-refractivity contribution < 1.29 is 4.79 Å². The van der Waals surface area contributed by atoms with Crippen LogP contribution in [-0.4, -0.2) is 54.4 Å². The number of anilines is 2.